The van der Waals surface area contributed by atoms with Crippen molar-refractivity contribution < 1.29 is 13.9 Å². The lowest BCUT2D eigenvalue weighted by Crippen LogP contribution is -2.03. The Bertz CT molecular complexity index is 864. The number of hydrogen-bond donors (Lipinski definition) is 0. The molecule has 0 saturated heterocycles. The molecule has 5 nitrogen and oxygen atoms in total. The lowest BCUT2D eigenvalue weighted by molar-refractivity contribution is 0.0444. The largest absolute Gasteiger partial charge is 0.451 e. The Morgan fingerprint density at radius 2 is 2.08 bits per heavy atom. The molecular formula is C17H13BrN2O3S. The lowest BCUT2D eigenvalue weighted by Gasteiger charge is -1.99. The quantitative estimate of drug-likeness (QED) is 0.602. The monoisotopic (exact) mass is 404 g/mol. The first-order valence-corrected chi connectivity index (χ1v) is 9.17. The summed E-state index contributed by atoms with van der Waals surface area (Å²) in [6.45, 7) is -0.0229. The Labute approximate surface area is 150 Å². The van der Waals surface area contributed by atoms with Crippen molar-refractivity contribution >= 4 is 33.2 Å². The molecule has 0 radical (unpaired) electrons. The van der Waals surface area contributed by atoms with Gasteiger partial charge in [0.25, 0.3) is 5.89 Å². The summed E-state index contributed by atoms with van der Waals surface area (Å²) in [5.41, 5.74) is 2.10. The molecule has 24 heavy (non-hydrogen) atoms. The number of fused-ring (bicyclic) bond motifs is 1. The zero-order chi connectivity index (χ0) is 16.5. The van der Waals surface area contributed by atoms with Crippen LogP contribution in [0.3, 0.4) is 0 Å². The molecule has 0 atom stereocenters. The average molecular weight is 405 g/mol. The number of esters is 1. The van der Waals surface area contributed by atoms with Gasteiger partial charge < -0.3 is 9.15 Å². The van der Waals surface area contributed by atoms with Crippen molar-refractivity contribution in [3.8, 4) is 11.5 Å². The Balaban J connectivity index is 1.40. The summed E-state index contributed by atoms with van der Waals surface area (Å²) in [7, 11) is 0. The van der Waals surface area contributed by atoms with Crippen molar-refractivity contribution in [2.45, 2.75) is 25.9 Å². The minimum atomic E-state index is -0.335. The number of hydrogen-bond acceptors (Lipinski definition) is 6. The summed E-state index contributed by atoms with van der Waals surface area (Å²) >= 11 is 4.90. The number of benzene rings is 1. The van der Waals surface area contributed by atoms with Crippen molar-refractivity contribution in [1.82, 2.24) is 10.2 Å². The highest BCUT2D eigenvalue weighted by atomic mass is 79.9. The molecule has 0 unspecified atom stereocenters. The highest BCUT2D eigenvalue weighted by Crippen LogP contribution is 2.31. The zero-order valence-corrected chi connectivity index (χ0v) is 15.0. The molecule has 0 spiro atoms. The second-order valence-electron chi connectivity index (χ2n) is 5.50. The van der Waals surface area contributed by atoms with E-state index >= 15 is 0 Å². The summed E-state index contributed by atoms with van der Waals surface area (Å²) < 4.78 is 11.8. The first-order chi connectivity index (χ1) is 11.7. The van der Waals surface area contributed by atoms with Gasteiger partial charge in [0.1, 0.15) is 4.88 Å². The normalized spacial score (nSPS) is 13.0. The van der Waals surface area contributed by atoms with Gasteiger partial charge in [-0.25, -0.2) is 4.79 Å². The number of rotatable bonds is 4. The zero-order valence-electron chi connectivity index (χ0n) is 12.6. The summed E-state index contributed by atoms with van der Waals surface area (Å²) in [6, 6.07) is 9.49. The van der Waals surface area contributed by atoms with E-state index in [4.69, 9.17) is 9.15 Å². The topological polar surface area (TPSA) is 65.2 Å². The summed E-state index contributed by atoms with van der Waals surface area (Å²) in [4.78, 5) is 14.1. The third-order valence-corrected chi connectivity index (χ3v) is 5.58. The summed E-state index contributed by atoms with van der Waals surface area (Å²) in [6.07, 6.45) is 3.30. The Hall–Kier alpha value is -1.99. The molecule has 2 heterocycles. The molecule has 0 amide bonds. The maximum Gasteiger partial charge on any atom is 0.348 e. The van der Waals surface area contributed by atoms with E-state index in [0.29, 0.717) is 10.8 Å². The standard InChI is InChI=1S/C17H13BrN2O3S/c18-12-6-4-10(5-7-12)16-20-19-15(23-16)9-22-17(21)14-8-11-2-1-3-13(11)24-14/h4-8H,1-3,9H2. The van der Waals surface area contributed by atoms with Gasteiger partial charge >= 0.3 is 5.97 Å². The third kappa shape index (κ3) is 3.14. The molecule has 1 aliphatic rings. The van der Waals surface area contributed by atoms with Crippen LogP contribution in [0, 0.1) is 0 Å². The first-order valence-electron chi connectivity index (χ1n) is 7.56. The SMILES string of the molecule is O=C(OCc1nnc(-c2ccc(Br)cc2)o1)c1cc2c(s1)CCC2. The fourth-order valence-electron chi connectivity index (χ4n) is 2.65. The smallest absolute Gasteiger partial charge is 0.348 e. The number of carbonyl (C=O) groups excluding carboxylic acids is 1. The fourth-order valence-corrected chi connectivity index (χ4v) is 4.06. The molecule has 122 valence electrons. The van der Waals surface area contributed by atoms with E-state index in [0.717, 1.165) is 22.9 Å². The van der Waals surface area contributed by atoms with Crippen LogP contribution in [0.15, 0.2) is 39.2 Å². The molecular weight excluding hydrogens is 392 g/mol. The maximum absolute atomic E-state index is 12.1. The third-order valence-electron chi connectivity index (χ3n) is 3.83. The minimum absolute atomic E-state index is 0.0229. The predicted octanol–water partition coefficient (Wildman–Crippen LogP) is 4.41. The highest BCUT2D eigenvalue weighted by Gasteiger charge is 2.20. The second-order valence-corrected chi connectivity index (χ2v) is 7.55. The van der Waals surface area contributed by atoms with Gasteiger partial charge in [-0.1, -0.05) is 15.9 Å². The van der Waals surface area contributed by atoms with Crippen molar-refractivity contribution in [3.05, 3.63) is 56.0 Å². The average Bonchev–Trinajstić information content (AvgIpc) is 3.29. The molecule has 0 aliphatic heterocycles. The van der Waals surface area contributed by atoms with Gasteiger partial charge in [0, 0.05) is 14.9 Å². The maximum atomic E-state index is 12.1. The number of aromatic nitrogens is 2. The Kier molecular flexibility index (Phi) is 4.20. The van der Waals surface area contributed by atoms with Crippen LogP contribution in [-0.2, 0) is 24.2 Å². The van der Waals surface area contributed by atoms with Crippen molar-refractivity contribution in [3.63, 3.8) is 0 Å². The van der Waals surface area contributed by atoms with E-state index in [-0.39, 0.29) is 18.5 Å². The van der Waals surface area contributed by atoms with Crippen LogP contribution in [0.25, 0.3) is 11.5 Å². The number of aryl methyl sites for hydroxylation is 2. The second kappa shape index (κ2) is 6.49. The molecule has 7 heteroatoms. The predicted molar refractivity (Wildman–Crippen MR) is 92.9 cm³/mol. The van der Waals surface area contributed by atoms with Gasteiger partial charge in [-0.2, -0.15) is 0 Å². The number of halogens is 1. The fraction of sp³-hybridized carbons (Fsp3) is 0.235. The number of nitrogens with zero attached hydrogens (tertiary/aromatic N) is 2. The summed E-state index contributed by atoms with van der Waals surface area (Å²) in [5.74, 6) is 0.354. The van der Waals surface area contributed by atoms with Crippen molar-refractivity contribution in [1.29, 1.82) is 0 Å². The van der Waals surface area contributed by atoms with E-state index < -0.39 is 0 Å². The minimum Gasteiger partial charge on any atom is -0.451 e. The lowest BCUT2D eigenvalue weighted by atomic mass is 10.2. The van der Waals surface area contributed by atoms with Crippen LogP contribution in [0.4, 0.5) is 0 Å². The molecule has 0 saturated carbocycles. The van der Waals surface area contributed by atoms with Gasteiger partial charge in [0.15, 0.2) is 6.61 Å². The molecule has 0 bridgehead atoms. The summed E-state index contributed by atoms with van der Waals surface area (Å²) in [5, 5.41) is 7.92. The van der Waals surface area contributed by atoms with Gasteiger partial charge in [-0.3, -0.25) is 0 Å². The molecule has 0 N–H and O–H groups in total. The molecule has 4 rings (SSSR count). The first kappa shape index (κ1) is 15.5. The molecule has 3 aromatic rings. The van der Waals surface area contributed by atoms with Crippen LogP contribution in [0.1, 0.15) is 32.4 Å². The van der Waals surface area contributed by atoms with Gasteiger partial charge in [-0.15, -0.1) is 21.5 Å². The van der Waals surface area contributed by atoms with Crippen LogP contribution < -0.4 is 0 Å². The van der Waals surface area contributed by atoms with Crippen LogP contribution in [0.5, 0.6) is 0 Å². The molecule has 1 aliphatic carbocycles. The van der Waals surface area contributed by atoms with Crippen LogP contribution in [0.2, 0.25) is 0 Å². The van der Waals surface area contributed by atoms with Crippen LogP contribution in [-0.4, -0.2) is 16.2 Å². The molecule has 2 aromatic heterocycles. The van der Waals surface area contributed by atoms with Gasteiger partial charge in [-0.05, 0) is 55.2 Å². The van der Waals surface area contributed by atoms with E-state index in [1.807, 2.05) is 30.3 Å². The number of ether oxygens (including phenoxy) is 1. The van der Waals surface area contributed by atoms with E-state index in [1.165, 1.54) is 28.2 Å². The molecule has 0 fully saturated rings. The molecule has 1 aromatic carbocycles. The number of carbonyl (C=O) groups is 1. The van der Waals surface area contributed by atoms with Crippen LogP contribution >= 0.6 is 27.3 Å². The number of thiophene rings is 1. The van der Waals surface area contributed by atoms with E-state index in [9.17, 15) is 4.79 Å². The van der Waals surface area contributed by atoms with E-state index in [1.54, 1.807) is 0 Å². The van der Waals surface area contributed by atoms with Gasteiger partial charge in [0.05, 0.1) is 0 Å². The van der Waals surface area contributed by atoms with E-state index in [2.05, 4.69) is 26.1 Å². The van der Waals surface area contributed by atoms with Crippen molar-refractivity contribution in [2.75, 3.05) is 0 Å². The van der Waals surface area contributed by atoms with Crippen molar-refractivity contribution in [2.24, 2.45) is 0 Å². The van der Waals surface area contributed by atoms with Gasteiger partial charge in [0.2, 0.25) is 5.89 Å². The highest BCUT2D eigenvalue weighted by molar-refractivity contribution is 9.10. The Morgan fingerprint density at radius 3 is 2.88 bits per heavy atom. The Morgan fingerprint density at radius 1 is 1.25 bits per heavy atom.